The van der Waals surface area contributed by atoms with Crippen LogP contribution in [0.4, 0.5) is 36.1 Å². The summed E-state index contributed by atoms with van der Waals surface area (Å²) in [6.07, 6.45) is -2.24. The molecule has 0 spiro atoms. The lowest BCUT2D eigenvalue weighted by Crippen LogP contribution is -2.19. The number of benzene rings is 1. The lowest BCUT2D eigenvalue weighted by Gasteiger charge is -2.17. The van der Waals surface area contributed by atoms with Crippen molar-refractivity contribution in [3.05, 3.63) is 58.5 Å². The molecule has 2 aromatic heterocycles. The first-order chi connectivity index (χ1) is 14.1. The predicted molar refractivity (Wildman–Crippen MR) is 109 cm³/mol. The minimum Gasteiger partial charge on any atom is -0.355 e. The van der Waals surface area contributed by atoms with Crippen LogP contribution >= 0.6 is 11.6 Å². The summed E-state index contributed by atoms with van der Waals surface area (Å²) in [6.45, 7) is 1.76. The van der Waals surface area contributed by atoms with Gasteiger partial charge in [-0.3, -0.25) is 9.48 Å². The molecule has 0 atom stereocenters. The average Bonchev–Trinajstić information content (AvgIpc) is 2.98. The highest BCUT2D eigenvalue weighted by Crippen LogP contribution is 2.38. The van der Waals surface area contributed by atoms with Gasteiger partial charge in [-0.25, -0.2) is 4.98 Å². The van der Waals surface area contributed by atoms with Crippen molar-refractivity contribution in [2.24, 2.45) is 7.05 Å². The van der Waals surface area contributed by atoms with E-state index in [2.05, 4.69) is 26.0 Å². The maximum atomic E-state index is 13.6. The molecule has 0 unspecified atom stereocenters. The van der Waals surface area contributed by atoms with Gasteiger partial charge in [0.2, 0.25) is 0 Å². The highest BCUT2D eigenvalue weighted by molar-refractivity contribution is 6.31. The molecule has 0 aliphatic carbocycles. The van der Waals surface area contributed by atoms with Gasteiger partial charge in [-0.1, -0.05) is 11.6 Å². The fourth-order valence-electron chi connectivity index (χ4n) is 2.81. The van der Waals surface area contributed by atoms with Crippen LogP contribution in [0.15, 0.2) is 36.7 Å². The van der Waals surface area contributed by atoms with Crippen LogP contribution in [0.2, 0.25) is 5.02 Å². The summed E-state index contributed by atoms with van der Waals surface area (Å²) in [7, 11) is 3.14. The standard InChI is InChI=1S/C19H18ClF3N6O/c1-10-16(9-29(3)28-10)27-17-7-15(13(8-25-17)19(21,22)23)26-14-5-4-11(20)6-12(14)18(30)24-2/h4-9H,1-3H3,(H,24,30)(H2,25,26,27). The number of pyridine rings is 1. The lowest BCUT2D eigenvalue weighted by molar-refractivity contribution is -0.137. The quantitative estimate of drug-likeness (QED) is 0.540. The van der Waals surface area contributed by atoms with E-state index >= 15 is 0 Å². The summed E-state index contributed by atoms with van der Waals surface area (Å²) in [4.78, 5) is 16.0. The van der Waals surface area contributed by atoms with Crippen LogP contribution in [0.25, 0.3) is 0 Å². The molecule has 2 heterocycles. The molecule has 0 aliphatic rings. The van der Waals surface area contributed by atoms with Gasteiger partial charge in [0.05, 0.1) is 33.9 Å². The Morgan fingerprint density at radius 1 is 1.13 bits per heavy atom. The smallest absolute Gasteiger partial charge is 0.355 e. The first-order valence-electron chi connectivity index (χ1n) is 8.71. The number of amides is 1. The zero-order chi connectivity index (χ0) is 22.1. The number of rotatable bonds is 5. The summed E-state index contributed by atoms with van der Waals surface area (Å²) in [5.41, 5.74) is 0.288. The van der Waals surface area contributed by atoms with Gasteiger partial charge < -0.3 is 16.0 Å². The molecule has 0 fully saturated rings. The van der Waals surface area contributed by atoms with Crippen molar-refractivity contribution in [3.8, 4) is 0 Å². The molecule has 3 rings (SSSR count). The number of nitrogens with zero attached hydrogens (tertiary/aromatic N) is 3. The lowest BCUT2D eigenvalue weighted by atomic mass is 10.1. The molecular formula is C19H18ClF3N6O. The number of aromatic nitrogens is 3. The Balaban J connectivity index is 2.04. The Hall–Kier alpha value is -3.27. The van der Waals surface area contributed by atoms with Crippen molar-refractivity contribution in [1.29, 1.82) is 0 Å². The van der Waals surface area contributed by atoms with Crippen LogP contribution in [0.3, 0.4) is 0 Å². The molecule has 7 nitrogen and oxygen atoms in total. The number of carbonyl (C=O) groups is 1. The van der Waals surface area contributed by atoms with Crippen LogP contribution in [0, 0.1) is 6.92 Å². The van der Waals surface area contributed by atoms with Crippen molar-refractivity contribution in [2.75, 3.05) is 17.7 Å². The molecule has 158 valence electrons. The number of carbonyl (C=O) groups excluding carboxylic acids is 1. The van der Waals surface area contributed by atoms with E-state index in [4.69, 9.17) is 11.6 Å². The highest BCUT2D eigenvalue weighted by Gasteiger charge is 2.34. The third kappa shape index (κ3) is 4.65. The van der Waals surface area contributed by atoms with Crippen molar-refractivity contribution in [3.63, 3.8) is 0 Å². The average molecular weight is 439 g/mol. The number of hydrogen-bond acceptors (Lipinski definition) is 5. The van der Waals surface area contributed by atoms with Gasteiger partial charge in [0.1, 0.15) is 5.82 Å². The highest BCUT2D eigenvalue weighted by atomic mass is 35.5. The first kappa shape index (κ1) is 21.4. The van der Waals surface area contributed by atoms with Crippen LogP contribution in [-0.4, -0.2) is 27.7 Å². The normalized spacial score (nSPS) is 11.3. The van der Waals surface area contributed by atoms with E-state index in [-0.39, 0.29) is 27.8 Å². The maximum Gasteiger partial charge on any atom is 0.419 e. The first-order valence-corrected chi connectivity index (χ1v) is 9.09. The number of alkyl halides is 3. The predicted octanol–water partition coefficient (Wildman–Crippen LogP) is 4.64. The molecule has 3 aromatic rings. The molecule has 0 bridgehead atoms. The molecule has 11 heteroatoms. The van der Waals surface area contributed by atoms with Gasteiger partial charge in [-0.05, 0) is 25.1 Å². The monoisotopic (exact) mass is 438 g/mol. The van der Waals surface area contributed by atoms with E-state index in [1.165, 1.54) is 31.3 Å². The number of hydrogen-bond donors (Lipinski definition) is 3. The van der Waals surface area contributed by atoms with E-state index in [0.717, 1.165) is 6.20 Å². The molecule has 3 N–H and O–H groups in total. The third-order valence-corrected chi connectivity index (χ3v) is 4.44. The molecule has 0 saturated carbocycles. The summed E-state index contributed by atoms with van der Waals surface area (Å²) in [5, 5.41) is 12.5. The Kier molecular flexibility index (Phi) is 5.88. The molecule has 0 radical (unpaired) electrons. The van der Waals surface area contributed by atoms with Gasteiger partial charge in [-0.2, -0.15) is 18.3 Å². The number of halogens is 4. The number of aryl methyl sites for hydroxylation is 2. The zero-order valence-corrected chi connectivity index (χ0v) is 17.0. The number of anilines is 4. The van der Waals surface area contributed by atoms with Gasteiger partial charge in [-0.15, -0.1) is 0 Å². The minimum atomic E-state index is -4.66. The zero-order valence-electron chi connectivity index (χ0n) is 16.2. The van der Waals surface area contributed by atoms with E-state index in [0.29, 0.717) is 11.4 Å². The largest absolute Gasteiger partial charge is 0.419 e. The van der Waals surface area contributed by atoms with E-state index < -0.39 is 17.6 Å². The molecule has 1 aromatic carbocycles. The van der Waals surface area contributed by atoms with Crippen LogP contribution in [0.5, 0.6) is 0 Å². The van der Waals surface area contributed by atoms with Crippen molar-refractivity contribution in [1.82, 2.24) is 20.1 Å². The minimum absolute atomic E-state index is 0.104. The Bertz CT molecular complexity index is 1100. The summed E-state index contributed by atoms with van der Waals surface area (Å²) in [5.74, 6) is -0.316. The fraction of sp³-hybridized carbons (Fsp3) is 0.211. The molecule has 0 aliphatic heterocycles. The van der Waals surface area contributed by atoms with Crippen LogP contribution < -0.4 is 16.0 Å². The van der Waals surface area contributed by atoms with Gasteiger partial charge in [0.15, 0.2) is 0 Å². The number of nitrogens with one attached hydrogen (secondary N) is 3. The Morgan fingerprint density at radius 2 is 1.87 bits per heavy atom. The molecule has 30 heavy (non-hydrogen) atoms. The molecule has 1 amide bonds. The van der Waals surface area contributed by atoms with Gasteiger partial charge in [0, 0.05) is 37.6 Å². The Labute approximate surface area is 175 Å². The van der Waals surface area contributed by atoms with Crippen molar-refractivity contribution >= 4 is 40.4 Å². The van der Waals surface area contributed by atoms with Crippen LogP contribution in [-0.2, 0) is 13.2 Å². The van der Waals surface area contributed by atoms with Crippen molar-refractivity contribution < 1.29 is 18.0 Å². The second-order valence-electron chi connectivity index (χ2n) is 6.43. The second kappa shape index (κ2) is 8.23. The second-order valence-corrected chi connectivity index (χ2v) is 6.87. The van der Waals surface area contributed by atoms with E-state index in [1.54, 1.807) is 24.9 Å². The van der Waals surface area contributed by atoms with Crippen molar-refractivity contribution in [2.45, 2.75) is 13.1 Å². The Morgan fingerprint density at radius 3 is 2.47 bits per heavy atom. The topological polar surface area (TPSA) is 83.9 Å². The van der Waals surface area contributed by atoms with Gasteiger partial charge >= 0.3 is 6.18 Å². The van der Waals surface area contributed by atoms with E-state index in [9.17, 15) is 18.0 Å². The van der Waals surface area contributed by atoms with Gasteiger partial charge in [0.25, 0.3) is 5.91 Å². The molecular weight excluding hydrogens is 421 g/mol. The summed E-state index contributed by atoms with van der Waals surface area (Å²) >= 11 is 5.94. The van der Waals surface area contributed by atoms with E-state index in [1.807, 2.05) is 0 Å². The summed E-state index contributed by atoms with van der Waals surface area (Å²) < 4.78 is 42.2. The third-order valence-electron chi connectivity index (χ3n) is 4.21. The summed E-state index contributed by atoms with van der Waals surface area (Å²) in [6, 6.07) is 5.50. The maximum absolute atomic E-state index is 13.6. The van der Waals surface area contributed by atoms with Crippen LogP contribution in [0.1, 0.15) is 21.6 Å². The fourth-order valence-corrected chi connectivity index (χ4v) is 2.98. The SMILES string of the molecule is CNC(=O)c1cc(Cl)ccc1Nc1cc(Nc2cn(C)nc2C)ncc1C(F)(F)F. The molecule has 0 saturated heterocycles.